The molecule has 7 nitrogen and oxygen atoms in total. The van der Waals surface area contributed by atoms with E-state index in [-0.39, 0.29) is 36.2 Å². The monoisotopic (exact) mass is 482 g/mol. The second kappa shape index (κ2) is 12.3. The highest BCUT2D eigenvalue weighted by Crippen LogP contribution is 2.21. The minimum Gasteiger partial charge on any atom is -0.379 e. The van der Waals surface area contributed by atoms with Crippen LogP contribution in [-0.2, 0) is 14.2 Å². The van der Waals surface area contributed by atoms with E-state index in [2.05, 4.69) is 20.1 Å². The highest BCUT2D eigenvalue weighted by Gasteiger charge is 2.32. The van der Waals surface area contributed by atoms with Gasteiger partial charge in [0.2, 0.25) is 0 Å². The van der Waals surface area contributed by atoms with E-state index in [1.54, 1.807) is 0 Å². The first-order valence-electron chi connectivity index (χ1n) is 9.86. The molecule has 3 rings (SSSR count). The van der Waals surface area contributed by atoms with Gasteiger partial charge in [0.15, 0.2) is 5.96 Å². The molecule has 0 aliphatic carbocycles. The highest BCUT2D eigenvalue weighted by atomic mass is 127. The fourth-order valence-electron chi connectivity index (χ4n) is 3.81. The van der Waals surface area contributed by atoms with Crippen LogP contribution in [0.4, 0.5) is 0 Å². The normalized spacial score (nSPS) is 28.0. The zero-order valence-corrected chi connectivity index (χ0v) is 18.4. The third kappa shape index (κ3) is 6.78. The van der Waals surface area contributed by atoms with Crippen molar-refractivity contribution in [2.45, 2.75) is 37.9 Å². The molecule has 26 heavy (non-hydrogen) atoms. The predicted octanol–water partition coefficient (Wildman–Crippen LogP) is 1.17. The second-order valence-corrected chi connectivity index (χ2v) is 7.04. The molecule has 0 saturated carbocycles. The molecule has 3 saturated heterocycles. The van der Waals surface area contributed by atoms with E-state index in [4.69, 9.17) is 14.2 Å². The Morgan fingerprint density at radius 3 is 2.58 bits per heavy atom. The Bertz CT molecular complexity index is 415. The number of morpholine rings is 2. The summed E-state index contributed by atoms with van der Waals surface area (Å²) < 4.78 is 17.1. The van der Waals surface area contributed by atoms with Crippen LogP contribution in [0.3, 0.4) is 0 Å². The lowest BCUT2D eigenvalue weighted by molar-refractivity contribution is -0.0816. The van der Waals surface area contributed by atoms with Gasteiger partial charge in [-0.15, -0.1) is 24.0 Å². The number of halogens is 1. The third-order valence-corrected chi connectivity index (χ3v) is 5.27. The maximum Gasteiger partial charge on any atom is 0.193 e. The highest BCUT2D eigenvalue weighted by molar-refractivity contribution is 14.0. The summed E-state index contributed by atoms with van der Waals surface area (Å²) in [5.41, 5.74) is 0. The zero-order chi connectivity index (χ0) is 17.3. The van der Waals surface area contributed by atoms with Crippen molar-refractivity contribution in [3.8, 4) is 0 Å². The minimum atomic E-state index is 0. The van der Waals surface area contributed by atoms with Crippen LogP contribution < -0.4 is 5.32 Å². The summed E-state index contributed by atoms with van der Waals surface area (Å²) in [7, 11) is 1.87. The van der Waals surface area contributed by atoms with Crippen molar-refractivity contribution in [3.63, 3.8) is 0 Å². The summed E-state index contributed by atoms with van der Waals surface area (Å²) in [6.45, 7) is 9.46. The van der Waals surface area contributed by atoms with E-state index in [1.807, 2.05) is 7.05 Å². The number of ether oxygens (including phenoxy) is 3. The van der Waals surface area contributed by atoms with Crippen LogP contribution in [-0.4, -0.2) is 101 Å². The molecule has 2 atom stereocenters. The molecule has 0 aromatic carbocycles. The number of nitrogens with zero attached hydrogens (tertiary/aromatic N) is 3. The number of guanidine groups is 1. The molecule has 0 bridgehead atoms. The van der Waals surface area contributed by atoms with Gasteiger partial charge in [-0.3, -0.25) is 9.89 Å². The predicted molar refractivity (Wildman–Crippen MR) is 114 cm³/mol. The molecule has 0 amide bonds. The Hall–Kier alpha value is -0.160. The van der Waals surface area contributed by atoms with Gasteiger partial charge in [0.1, 0.15) is 6.10 Å². The van der Waals surface area contributed by atoms with E-state index in [1.165, 1.54) is 13.0 Å². The van der Waals surface area contributed by atoms with Crippen LogP contribution in [0.1, 0.15) is 25.7 Å². The van der Waals surface area contributed by atoms with E-state index in [0.29, 0.717) is 0 Å². The van der Waals surface area contributed by atoms with Gasteiger partial charge in [-0.1, -0.05) is 0 Å². The first-order valence-corrected chi connectivity index (χ1v) is 9.86. The van der Waals surface area contributed by atoms with Gasteiger partial charge in [-0.2, -0.15) is 0 Å². The molecule has 3 fully saturated rings. The maximum atomic E-state index is 5.93. The molecular formula is C18H35IN4O3. The molecule has 3 aliphatic rings. The van der Waals surface area contributed by atoms with E-state index < -0.39 is 0 Å². The topological polar surface area (TPSA) is 58.6 Å². The third-order valence-electron chi connectivity index (χ3n) is 5.27. The quantitative estimate of drug-likeness (QED) is 0.266. The maximum absolute atomic E-state index is 5.93. The molecule has 0 aromatic rings. The van der Waals surface area contributed by atoms with Gasteiger partial charge in [0.05, 0.1) is 25.9 Å². The summed E-state index contributed by atoms with van der Waals surface area (Å²) >= 11 is 0. The molecule has 0 aromatic heterocycles. The summed E-state index contributed by atoms with van der Waals surface area (Å²) in [5, 5.41) is 3.52. The van der Waals surface area contributed by atoms with Crippen molar-refractivity contribution >= 4 is 29.9 Å². The van der Waals surface area contributed by atoms with Crippen molar-refractivity contribution < 1.29 is 14.2 Å². The number of hydrogen-bond acceptors (Lipinski definition) is 5. The Balaban J connectivity index is 0.00000243. The van der Waals surface area contributed by atoms with E-state index >= 15 is 0 Å². The Labute approximate surface area is 174 Å². The lowest BCUT2D eigenvalue weighted by Crippen LogP contribution is -2.53. The fourth-order valence-corrected chi connectivity index (χ4v) is 3.81. The number of unbranched alkanes of at least 4 members (excludes halogenated alkanes) is 1. The number of rotatable bonds is 6. The first-order chi connectivity index (χ1) is 12.4. The lowest BCUT2D eigenvalue weighted by atomic mass is 10.1. The van der Waals surface area contributed by atoms with Crippen molar-refractivity contribution in [2.75, 3.05) is 72.7 Å². The van der Waals surface area contributed by atoms with Crippen LogP contribution >= 0.6 is 24.0 Å². The summed E-state index contributed by atoms with van der Waals surface area (Å²) in [5.74, 6) is 0.998. The van der Waals surface area contributed by atoms with Crippen molar-refractivity contribution in [1.29, 1.82) is 0 Å². The van der Waals surface area contributed by atoms with Crippen LogP contribution in [0.25, 0.3) is 0 Å². The summed E-state index contributed by atoms with van der Waals surface area (Å²) in [6.07, 6.45) is 5.08. The number of nitrogens with one attached hydrogen (secondary N) is 1. The molecule has 3 heterocycles. The van der Waals surface area contributed by atoms with Gasteiger partial charge in [0, 0.05) is 46.4 Å². The van der Waals surface area contributed by atoms with Gasteiger partial charge in [0.25, 0.3) is 0 Å². The number of aliphatic imine (C=N–C) groups is 1. The fraction of sp³-hybridized carbons (Fsp3) is 0.944. The molecule has 3 aliphatic heterocycles. The van der Waals surface area contributed by atoms with Crippen molar-refractivity contribution in [1.82, 2.24) is 15.1 Å². The van der Waals surface area contributed by atoms with Crippen LogP contribution in [0.2, 0.25) is 0 Å². The number of hydrogen-bond donors (Lipinski definition) is 1. The van der Waals surface area contributed by atoms with Crippen LogP contribution in [0, 0.1) is 0 Å². The average Bonchev–Trinajstić information content (AvgIpc) is 3.20. The molecule has 152 valence electrons. The molecule has 1 N–H and O–H groups in total. The SMILES string of the molecule is CN=C(NCCCCN1CCOCC1)N1CCOC(C2CCCO2)C1.I. The lowest BCUT2D eigenvalue weighted by Gasteiger charge is -2.37. The van der Waals surface area contributed by atoms with Crippen molar-refractivity contribution in [3.05, 3.63) is 0 Å². The Morgan fingerprint density at radius 2 is 1.85 bits per heavy atom. The Morgan fingerprint density at radius 1 is 1.04 bits per heavy atom. The van der Waals surface area contributed by atoms with Gasteiger partial charge < -0.3 is 24.4 Å². The molecule has 2 unspecified atom stereocenters. The van der Waals surface area contributed by atoms with Gasteiger partial charge in [-0.05, 0) is 32.2 Å². The van der Waals surface area contributed by atoms with Crippen LogP contribution in [0.15, 0.2) is 4.99 Å². The smallest absolute Gasteiger partial charge is 0.193 e. The van der Waals surface area contributed by atoms with Crippen molar-refractivity contribution in [2.24, 2.45) is 4.99 Å². The van der Waals surface area contributed by atoms with Gasteiger partial charge >= 0.3 is 0 Å². The summed E-state index contributed by atoms with van der Waals surface area (Å²) in [6, 6.07) is 0. The average molecular weight is 482 g/mol. The second-order valence-electron chi connectivity index (χ2n) is 7.04. The molecule has 8 heteroatoms. The van der Waals surface area contributed by atoms with Gasteiger partial charge in [-0.25, -0.2) is 0 Å². The van der Waals surface area contributed by atoms with E-state index in [0.717, 1.165) is 84.4 Å². The first kappa shape index (κ1) is 22.1. The largest absolute Gasteiger partial charge is 0.379 e. The molecule has 0 spiro atoms. The summed E-state index contributed by atoms with van der Waals surface area (Å²) in [4.78, 5) is 9.28. The molecule has 0 radical (unpaired) electrons. The minimum absolute atomic E-state index is 0. The standard InChI is InChI=1S/C18H34N4O3.HI/c1-19-18(20-6-2-3-7-21-8-12-23-13-9-21)22-10-14-25-17(15-22)16-5-4-11-24-16;/h16-17H,2-15H2,1H3,(H,19,20);1H. The molecular weight excluding hydrogens is 447 g/mol. The van der Waals surface area contributed by atoms with E-state index in [9.17, 15) is 0 Å². The van der Waals surface area contributed by atoms with Crippen LogP contribution in [0.5, 0.6) is 0 Å². The Kier molecular flexibility index (Phi) is 10.5. The zero-order valence-electron chi connectivity index (χ0n) is 16.0.